The molecule has 0 heterocycles. The molecule has 1 fully saturated rings. The Hall–Kier alpha value is -0.0831. The molecule has 0 aromatic rings. The molecule has 0 atom stereocenters. The third-order valence-electron chi connectivity index (χ3n) is 2.51. The Bertz CT molecular complexity index is 148. The molecule has 0 bridgehead atoms. The SMILES string of the molecule is C=C[Si](C)(C)OC1CCCCC1. The first-order valence-corrected chi connectivity index (χ1v) is 7.94. The smallest absolute Gasteiger partial charge is 0.210 e. The van der Waals surface area contributed by atoms with E-state index in [0.717, 1.165) is 0 Å². The molecule has 0 unspecified atom stereocenters. The van der Waals surface area contributed by atoms with Crippen molar-refractivity contribution < 1.29 is 4.43 Å². The Morgan fingerprint density at radius 2 is 1.83 bits per heavy atom. The van der Waals surface area contributed by atoms with Crippen molar-refractivity contribution in [2.75, 3.05) is 0 Å². The number of rotatable bonds is 3. The maximum absolute atomic E-state index is 6.05. The van der Waals surface area contributed by atoms with Crippen molar-refractivity contribution in [1.82, 2.24) is 0 Å². The second-order valence-corrected chi connectivity index (χ2v) is 8.04. The predicted molar refractivity (Wildman–Crippen MR) is 55.6 cm³/mol. The zero-order valence-electron chi connectivity index (χ0n) is 8.31. The van der Waals surface area contributed by atoms with Crippen LogP contribution in [-0.2, 0) is 4.43 Å². The Kier molecular flexibility index (Phi) is 3.53. The van der Waals surface area contributed by atoms with E-state index in [1.165, 1.54) is 32.1 Å². The average molecular weight is 184 g/mol. The lowest BCUT2D eigenvalue weighted by molar-refractivity contribution is 0.150. The van der Waals surface area contributed by atoms with Crippen molar-refractivity contribution in [3.8, 4) is 0 Å². The van der Waals surface area contributed by atoms with E-state index < -0.39 is 8.32 Å². The lowest BCUT2D eigenvalue weighted by atomic mass is 9.98. The quantitative estimate of drug-likeness (QED) is 0.612. The van der Waals surface area contributed by atoms with Crippen molar-refractivity contribution in [3.63, 3.8) is 0 Å². The summed E-state index contributed by atoms with van der Waals surface area (Å²) in [6, 6.07) is 0. The fraction of sp³-hybridized carbons (Fsp3) is 0.800. The predicted octanol–water partition coefficient (Wildman–Crippen LogP) is 3.27. The van der Waals surface area contributed by atoms with Crippen molar-refractivity contribution in [2.45, 2.75) is 51.3 Å². The third-order valence-corrected chi connectivity index (χ3v) is 4.44. The fourth-order valence-corrected chi connectivity index (χ4v) is 2.85. The largest absolute Gasteiger partial charge is 0.411 e. The van der Waals surface area contributed by atoms with E-state index in [1.54, 1.807) is 0 Å². The average Bonchev–Trinajstić information content (AvgIpc) is 2.06. The highest BCUT2D eigenvalue weighted by atomic mass is 28.4. The van der Waals surface area contributed by atoms with Gasteiger partial charge in [-0.1, -0.05) is 25.0 Å². The summed E-state index contributed by atoms with van der Waals surface area (Å²) in [5, 5.41) is 0. The van der Waals surface area contributed by atoms with Gasteiger partial charge in [-0.2, -0.15) is 0 Å². The molecule has 0 radical (unpaired) electrons. The van der Waals surface area contributed by atoms with E-state index in [-0.39, 0.29) is 0 Å². The van der Waals surface area contributed by atoms with E-state index in [1.807, 2.05) is 5.70 Å². The molecule has 0 aromatic heterocycles. The summed E-state index contributed by atoms with van der Waals surface area (Å²) in [5.41, 5.74) is 2.03. The van der Waals surface area contributed by atoms with Gasteiger partial charge in [-0.25, -0.2) is 0 Å². The second kappa shape index (κ2) is 4.24. The summed E-state index contributed by atoms with van der Waals surface area (Å²) in [6.07, 6.45) is 7.18. The molecule has 0 aromatic carbocycles. The molecule has 0 aliphatic heterocycles. The molecular weight excluding hydrogens is 164 g/mol. The van der Waals surface area contributed by atoms with Gasteiger partial charge in [0.05, 0.1) is 0 Å². The van der Waals surface area contributed by atoms with E-state index in [4.69, 9.17) is 4.43 Å². The molecular formula is C10H20OSi. The van der Waals surface area contributed by atoms with Gasteiger partial charge in [-0.05, 0) is 25.9 Å². The van der Waals surface area contributed by atoms with Crippen molar-refractivity contribution in [1.29, 1.82) is 0 Å². The lowest BCUT2D eigenvalue weighted by Gasteiger charge is -2.29. The van der Waals surface area contributed by atoms with Gasteiger partial charge in [0.1, 0.15) is 0 Å². The minimum atomic E-state index is -1.50. The van der Waals surface area contributed by atoms with Gasteiger partial charge in [0.15, 0.2) is 0 Å². The van der Waals surface area contributed by atoms with Gasteiger partial charge in [0.25, 0.3) is 0 Å². The molecule has 12 heavy (non-hydrogen) atoms. The van der Waals surface area contributed by atoms with Gasteiger partial charge in [0, 0.05) is 6.10 Å². The first-order chi connectivity index (χ1) is 5.64. The van der Waals surface area contributed by atoms with E-state index in [9.17, 15) is 0 Å². The van der Waals surface area contributed by atoms with Crippen LogP contribution in [0.15, 0.2) is 12.3 Å². The van der Waals surface area contributed by atoms with Crippen LogP contribution >= 0.6 is 0 Å². The highest BCUT2D eigenvalue weighted by Crippen LogP contribution is 2.23. The summed E-state index contributed by atoms with van der Waals surface area (Å²) in [6.45, 7) is 8.27. The minimum Gasteiger partial charge on any atom is -0.411 e. The molecule has 0 saturated heterocycles. The zero-order valence-corrected chi connectivity index (χ0v) is 9.31. The molecule has 0 N–H and O–H groups in total. The fourth-order valence-electron chi connectivity index (χ4n) is 1.66. The molecule has 1 rings (SSSR count). The van der Waals surface area contributed by atoms with Crippen LogP contribution in [-0.4, -0.2) is 14.4 Å². The normalized spacial score (nSPS) is 20.8. The van der Waals surface area contributed by atoms with Crippen LogP contribution in [0.1, 0.15) is 32.1 Å². The summed E-state index contributed by atoms with van der Waals surface area (Å²) in [5.74, 6) is 0. The summed E-state index contributed by atoms with van der Waals surface area (Å²) >= 11 is 0. The number of hydrogen-bond acceptors (Lipinski definition) is 1. The Balaban J connectivity index is 2.33. The highest BCUT2D eigenvalue weighted by molar-refractivity contribution is 6.76. The minimum absolute atomic E-state index is 0.540. The standard InChI is InChI=1S/C10H20OSi/c1-4-12(2,3)11-10-8-6-5-7-9-10/h4,10H,1,5-9H2,2-3H3. The van der Waals surface area contributed by atoms with Crippen LogP contribution in [0.25, 0.3) is 0 Å². The second-order valence-electron chi connectivity index (χ2n) is 4.19. The van der Waals surface area contributed by atoms with Crippen LogP contribution in [0, 0.1) is 0 Å². The molecule has 1 nitrogen and oxygen atoms in total. The van der Waals surface area contributed by atoms with Crippen molar-refractivity contribution >= 4 is 8.32 Å². The van der Waals surface area contributed by atoms with Crippen LogP contribution < -0.4 is 0 Å². The Morgan fingerprint density at radius 1 is 1.25 bits per heavy atom. The molecule has 1 aliphatic carbocycles. The molecule has 2 heteroatoms. The summed E-state index contributed by atoms with van der Waals surface area (Å²) in [7, 11) is -1.50. The molecule has 0 spiro atoms. The molecule has 70 valence electrons. The van der Waals surface area contributed by atoms with Gasteiger partial charge < -0.3 is 4.43 Å². The van der Waals surface area contributed by atoms with Crippen LogP contribution in [0.3, 0.4) is 0 Å². The van der Waals surface area contributed by atoms with Crippen LogP contribution in [0.5, 0.6) is 0 Å². The first-order valence-electron chi connectivity index (χ1n) is 4.95. The molecule has 1 aliphatic rings. The monoisotopic (exact) mass is 184 g/mol. The van der Waals surface area contributed by atoms with E-state index in [0.29, 0.717) is 6.10 Å². The van der Waals surface area contributed by atoms with E-state index >= 15 is 0 Å². The van der Waals surface area contributed by atoms with Crippen LogP contribution in [0.2, 0.25) is 13.1 Å². The van der Waals surface area contributed by atoms with Crippen LogP contribution in [0.4, 0.5) is 0 Å². The third kappa shape index (κ3) is 3.11. The highest BCUT2D eigenvalue weighted by Gasteiger charge is 2.24. The first kappa shape index (κ1) is 10.0. The van der Waals surface area contributed by atoms with Gasteiger partial charge in [-0.3, -0.25) is 0 Å². The van der Waals surface area contributed by atoms with Gasteiger partial charge >= 0.3 is 0 Å². The number of hydrogen-bond donors (Lipinski definition) is 0. The summed E-state index contributed by atoms with van der Waals surface area (Å²) in [4.78, 5) is 0. The zero-order chi connectivity index (χ0) is 9.03. The van der Waals surface area contributed by atoms with Gasteiger partial charge in [0.2, 0.25) is 8.32 Å². The topological polar surface area (TPSA) is 9.23 Å². The van der Waals surface area contributed by atoms with Crippen molar-refractivity contribution in [2.24, 2.45) is 0 Å². The lowest BCUT2D eigenvalue weighted by Crippen LogP contribution is -2.34. The Labute approximate surface area is 76.9 Å². The van der Waals surface area contributed by atoms with Gasteiger partial charge in [-0.15, -0.1) is 6.58 Å². The Morgan fingerprint density at radius 3 is 2.33 bits per heavy atom. The molecule has 1 saturated carbocycles. The maximum atomic E-state index is 6.05. The van der Waals surface area contributed by atoms with E-state index in [2.05, 4.69) is 19.7 Å². The molecule has 0 amide bonds. The summed E-state index contributed by atoms with van der Waals surface area (Å²) < 4.78 is 6.05. The van der Waals surface area contributed by atoms with Crippen molar-refractivity contribution in [3.05, 3.63) is 12.3 Å². The maximum Gasteiger partial charge on any atom is 0.210 e.